The lowest BCUT2D eigenvalue weighted by Crippen LogP contribution is -2.47. The molecule has 1 rings (SSSR count). The Bertz CT molecular complexity index is 227. The molecule has 5 nitrogen and oxygen atoms in total. The maximum Gasteiger partial charge on any atom is 0.322 e. The molecule has 0 aromatic carbocycles. The van der Waals surface area contributed by atoms with Crippen molar-refractivity contribution in [1.82, 2.24) is 9.80 Å². The first-order valence-corrected chi connectivity index (χ1v) is 5.86. The molecule has 0 spiro atoms. The maximum atomic E-state index is 10.9. The highest BCUT2D eigenvalue weighted by Gasteiger charge is 2.25. The van der Waals surface area contributed by atoms with Crippen molar-refractivity contribution in [1.29, 1.82) is 0 Å². The van der Waals surface area contributed by atoms with Gasteiger partial charge in [-0.15, -0.1) is 0 Å². The summed E-state index contributed by atoms with van der Waals surface area (Å²) in [4.78, 5) is 15.1. The lowest BCUT2D eigenvalue weighted by atomic mass is 9.96. The lowest BCUT2D eigenvalue weighted by Gasteiger charge is -2.33. The van der Waals surface area contributed by atoms with Crippen LogP contribution in [0.4, 0.5) is 0 Å². The molecule has 1 unspecified atom stereocenters. The Morgan fingerprint density at radius 3 is 2.56 bits per heavy atom. The summed E-state index contributed by atoms with van der Waals surface area (Å²) >= 11 is 0. The molecule has 0 aromatic heterocycles. The van der Waals surface area contributed by atoms with Crippen molar-refractivity contribution in [3.05, 3.63) is 0 Å². The number of aliphatic carboxylic acids is 1. The molecule has 1 atom stereocenters. The molecule has 0 radical (unpaired) electrons. The topological polar surface area (TPSA) is 69.8 Å². The van der Waals surface area contributed by atoms with Crippen molar-refractivity contribution >= 4 is 5.97 Å². The van der Waals surface area contributed by atoms with Crippen LogP contribution >= 0.6 is 0 Å². The minimum atomic E-state index is -0.821. The fourth-order valence-corrected chi connectivity index (χ4v) is 2.25. The Morgan fingerprint density at radius 1 is 1.56 bits per heavy atom. The summed E-state index contributed by atoms with van der Waals surface area (Å²) in [5, 5.41) is 8.99. The number of rotatable bonds is 5. The van der Waals surface area contributed by atoms with Crippen molar-refractivity contribution in [3.8, 4) is 0 Å². The van der Waals surface area contributed by atoms with Crippen LogP contribution in [0.5, 0.6) is 0 Å². The van der Waals surface area contributed by atoms with E-state index in [4.69, 9.17) is 10.8 Å². The molecule has 0 aliphatic carbocycles. The van der Waals surface area contributed by atoms with E-state index < -0.39 is 12.0 Å². The number of carboxylic acids is 1. The first-order chi connectivity index (χ1) is 7.54. The van der Waals surface area contributed by atoms with Crippen LogP contribution in [0.3, 0.4) is 0 Å². The van der Waals surface area contributed by atoms with E-state index in [-0.39, 0.29) is 6.54 Å². The Hall–Kier alpha value is -0.650. The normalized spacial score (nSPS) is 21.2. The Morgan fingerprint density at radius 2 is 2.12 bits per heavy atom. The predicted molar refractivity (Wildman–Crippen MR) is 63.3 cm³/mol. The summed E-state index contributed by atoms with van der Waals surface area (Å²) in [6.07, 6.45) is 2.30. The van der Waals surface area contributed by atoms with E-state index >= 15 is 0 Å². The fourth-order valence-electron chi connectivity index (χ4n) is 2.25. The van der Waals surface area contributed by atoms with Crippen molar-refractivity contribution in [3.63, 3.8) is 0 Å². The maximum absolute atomic E-state index is 10.9. The van der Waals surface area contributed by atoms with E-state index in [1.54, 1.807) is 0 Å². The predicted octanol–water partition coefficient (Wildman–Crippen LogP) is -0.328. The molecule has 0 saturated carbocycles. The molecule has 5 heteroatoms. The smallest absolute Gasteiger partial charge is 0.322 e. The molecule has 0 aromatic rings. The number of hydrogen-bond acceptors (Lipinski definition) is 4. The number of likely N-dealkylation sites (tertiary alicyclic amines) is 1. The van der Waals surface area contributed by atoms with E-state index in [1.165, 1.54) is 0 Å². The summed E-state index contributed by atoms with van der Waals surface area (Å²) < 4.78 is 0. The first-order valence-electron chi connectivity index (χ1n) is 5.86. The second-order valence-electron chi connectivity index (χ2n) is 4.78. The monoisotopic (exact) mass is 229 g/mol. The van der Waals surface area contributed by atoms with Crippen LogP contribution in [0.25, 0.3) is 0 Å². The molecule has 16 heavy (non-hydrogen) atoms. The highest BCUT2D eigenvalue weighted by Crippen LogP contribution is 2.17. The zero-order valence-corrected chi connectivity index (χ0v) is 10.2. The summed E-state index contributed by atoms with van der Waals surface area (Å²) in [6.45, 7) is 3.23. The molecule has 1 aliphatic heterocycles. The van der Waals surface area contributed by atoms with E-state index in [0.717, 1.165) is 32.5 Å². The Labute approximate surface area is 97.2 Å². The molecule has 1 fully saturated rings. The molecule has 1 saturated heterocycles. The van der Waals surface area contributed by atoms with Gasteiger partial charge in [0, 0.05) is 13.1 Å². The van der Waals surface area contributed by atoms with Gasteiger partial charge in [0.1, 0.15) is 6.04 Å². The zero-order chi connectivity index (χ0) is 12.1. The van der Waals surface area contributed by atoms with E-state index in [9.17, 15) is 4.79 Å². The Kier molecular flexibility index (Phi) is 5.18. The molecule has 0 amide bonds. The SMILES string of the molecule is CN1CCC(CN(C)C(CN)C(=O)O)CC1. The minimum absolute atomic E-state index is 0.179. The average molecular weight is 229 g/mol. The van der Waals surface area contributed by atoms with E-state index in [0.29, 0.717) is 5.92 Å². The summed E-state index contributed by atoms with van der Waals surface area (Å²) in [5.74, 6) is -0.215. The highest BCUT2D eigenvalue weighted by atomic mass is 16.4. The van der Waals surface area contributed by atoms with Crippen LogP contribution < -0.4 is 5.73 Å². The highest BCUT2D eigenvalue weighted by molar-refractivity contribution is 5.73. The zero-order valence-electron chi connectivity index (χ0n) is 10.2. The van der Waals surface area contributed by atoms with Gasteiger partial charge in [0.05, 0.1) is 0 Å². The van der Waals surface area contributed by atoms with Crippen LogP contribution in [0.15, 0.2) is 0 Å². The van der Waals surface area contributed by atoms with Gasteiger partial charge in [0.15, 0.2) is 0 Å². The third-order valence-corrected chi connectivity index (χ3v) is 3.42. The molecule has 3 N–H and O–H groups in total. The van der Waals surface area contributed by atoms with Gasteiger partial charge in [-0.25, -0.2) is 0 Å². The third-order valence-electron chi connectivity index (χ3n) is 3.42. The van der Waals surface area contributed by atoms with Crippen molar-refractivity contribution in [2.75, 3.05) is 40.3 Å². The first kappa shape index (κ1) is 13.4. The lowest BCUT2D eigenvalue weighted by molar-refractivity contribution is -0.142. The van der Waals surface area contributed by atoms with Crippen molar-refractivity contribution in [2.45, 2.75) is 18.9 Å². The van der Waals surface area contributed by atoms with Crippen molar-refractivity contribution < 1.29 is 9.90 Å². The average Bonchev–Trinajstić information content (AvgIpc) is 2.22. The van der Waals surface area contributed by atoms with Gasteiger partial charge in [-0.05, 0) is 45.9 Å². The van der Waals surface area contributed by atoms with Gasteiger partial charge in [-0.3, -0.25) is 9.69 Å². The van der Waals surface area contributed by atoms with Gasteiger partial charge in [-0.1, -0.05) is 0 Å². The van der Waals surface area contributed by atoms with Crippen LogP contribution in [-0.4, -0.2) is 67.2 Å². The molecule has 1 heterocycles. The van der Waals surface area contributed by atoms with Gasteiger partial charge < -0.3 is 15.7 Å². The number of carboxylic acid groups (broad SMARTS) is 1. The molecule has 1 aliphatic rings. The van der Waals surface area contributed by atoms with Crippen LogP contribution in [0, 0.1) is 5.92 Å². The summed E-state index contributed by atoms with van der Waals surface area (Å²) in [5.41, 5.74) is 5.47. The fraction of sp³-hybridized carbons (Fsp3) is 0.909. The summed E-state index contributed by atoms with van der Waals surface area (Å²) in [6, 6.07) is -0.542. The van der Waals surface area contributed by atoms with E-state index in [2.05, 4.69) is 11.9 Å². The molecular weight excluding hydrogens is 206 g/mol. The number of piperidine rings is 1. The number of carbonyl (C=O) groups is 1. The van der Waals surface area contributed by atoms with Crippen molar-refractivity contribution in [2.24, 2.45) is 11.7 Å². The molecule has 0 bridgehead atoms. The second-order valence-corrected chi connectivity index (χ2v) is 4.78. The standard InChI is InChI=1S/C11H23N3O2/c1-13-5-3-9(4-6-13)8-14(2)10(7-12)11(15)16/h9-10H,3-8,12H2,1-2H3,(H,15,16). The number of likely N-dealkylation sites (N-methyl/N-ethyl adjacent to an activating group) is 1. The largest absolute Gasteiger partial charge is 0.480 e. The van der Waals surface area contributed by atoms with Gasteiger partial charge in [0.2, 0.25) is 0 Å². The van der Waals surface area contributed by atoms with Gasteiger partial charge >= 0.3 is 5.97 Å². The number of nitrogens with two attached hydrogens (primary N) is 1. The van der Waals surface area contributed by atoms with Gasteiger partial charge in [0.25, 0.3) is 0 Å². The van der Waals surface area contributed by atoms with Gasteiger partial charge in [-0.2, -0.15) is 0 Å². The Balaban J connectivity index is 2.38. The molecule has 94 valence electrons. The number of hydrogen-bond donors (Lipinski definition) is 2. The van der Waals surface area contributed by atoms with Crippen LogP contribution in [-0.2, 0) is 4.79 Å². The molecular formula is C11H23N3O2. The second kappa shape index (κ2) is 6.18. The third kappa shape index (κ3) is 3.73. The number of nitrogens with zero attached hydrogens (tertiary/aromatic N) is 2. The minimum Gasteiger partial charge on any atom is -0.480 e. The van der Waals surface area contributed by atoms with Crippen LogP contribution in [0.2, 0.25) is 0 Å². The van der Waals surface area contributed by atoms with E-state index in [1.807, 2.05) is 11.9 Å². The summed E-state index contributed by atoms with van der Waals surface area (Å²) in [7, 11) is 3.98. The van der Waals surface area contributed by atoms with Crippen LogP contribution in [0.1, 0.15) is 12.8 Å². The quantitative estimate of drug-likeness (QED) is 0.675.